The van der Waals surface area contributed by atoms with Gasteiger partial charge in [0.15, 0.2) is 0 Å². The van der Waals surface area contributed by atoms with Crippen LogP contribution in [-0.2, 0) is 6.54 Å². The predicted octanol–water partition coefficient (Wildman–Crippen LogP) is 2.35. The summed E-state index contributed by atoms with van der Waals surface area (Å²) in [5, 5.41) is 8.30. The third kappa shape index (κ3) is 1.90. The smallest absolute Gasteiger partial charge is 0.0857 e. The van der Waals surface area contributed by atoms with Crippen LogP contribution < -0.4 is 0 Å². The molecule has 1 aromatic rings. The van der Waals surface area contributed by atoms with Crippen LogP contribution in [0.2, 0.25) is 0 Å². The van der Waals surface area contributed by atoms with Crippen molar-refractivity contribution in [1.82, 2.24) is 15.0 Å². The standard InChI is InChI=1S/C10H17N3/c1-2-13-8-10(11-12-13)9-6-4-3-5-7-9/h8-9H,2-7H2,1H3. The average Bonchev–Trinajstić information content (AvgIpc) is 2.67. The van der Waals surface area contributed by atoms with Crippen LogP contribution in [-0.4, -0.2) is 15.0 Å². The van der Waals surface area contributed by atoms with Crippen molar-refractivity contribution in [3.8, 4) is 0 Å². The van der Waals surface area contributed by atoms with Crippen molar-refractivity contribution in [3.05, 3.63) is 11.9 Å². The van der Waals surface area contributed by atoms with E-state index in [1.807, 2.05) is 4.68 Å². The molecule has 0 amide bonds. The van der Waals surface area contributed by atoms with Gasteiger partial charge in [0.05, 0.1) is 5.69 Å². The van der Waals surface area contributed by atoms with E-state index >= 15 is 0 Å². The van der Waals surface area contributed by atoms with E-state index in [9.17, 15) is 0 Å². The summed E-state index contributed by atoms with van der Waals surface area (Å²) >= 11 is 0. The number of aromatic nitrogens is 3. The fourth-order valence-corrected chi connectivity index (χ4v) is 2.05. The molecule has 72 valence electrons. The number of nitrogens with zero attached hydrogens (tertiary/aromatic N) is 3. The number of hydrogen-bond donors (Lipinski definition) is 0. The Morgan fingerprint density at radius 3 is 2.77 bits per heavy atom. The lowest BCUT2D eigenvalue weighted by molar-refractivity contribution is 0.436. The molecule has 0 bridgehead atoms. The van der Waals surface area contributed by atoms with Gasteiger partial charge in [0.1, 0.15) is 0 Å². The Labute approximate surface area is 79.1 Å². The Balaban J connectivity index is 2.05. The largest absolute Gasteiger partial charge is 0.253 e. The monoisotopic (exact) mass is 179 g/mol. The third-order valence-electron chi connectivity index (χ3n) is 2.90. The van der Waals surface area contributed by atoms with Crippen molar-refractivity contribution in [1.29, 1.82) is 0 Å². The topological polar surface area (TPSA) is 30.7 Å². The molecule has 3 nitrogen and oxygen atoms in total. The van der Waals surface area contributed by atoms with Gasteiger partial charge in [0, 0.05) is 18.7 Å². The Morgan fingerprint density at radius 2 is 2.15 bits per heavy atom. The maximum absolute atomic E-state index is 4.22. The van der Waals surface area contributed by atoms with Crippen LogP contribution >= 0.6 is 0 Å². The van der Waals surface area contributed by atoms with Gasteiger partial charge in [-0.15, -0.1) is 5.10 Å². The van der Waals surface area contributed by atoms with E-state index in [1.165, 1.54) is 37.8 Å². The highest BCUT2D eigenvalue weighted by atomic mass is 15.4. The Hall–Kier alpha value is -0.860. The molecule has 0 aliphatic heterocycles. The van der Waals surface area contributed by atoms with Crippen molar-refractivity contribution in [3.63, 3.8) is 0 Å². The van der Waals surface area contributed by atoms with Gasteiger partial charge < -0.3 is 0 Å². The molecule has 1 fully saturated rings. The summed E-state index contributed by atoms with van der Waals surface area (Å²) in [6, 6.07) is 0. The van der Waals surface area contributed by atoms with Crippen LogP contribution in [0.4, 0.5) is 0 Å². The molecule has 0 N–H and O–H groups in total. The van der Waals surface area contributed by atoms with Gasteiger partial charge in [0.2, 0.25) is 0 Å². The lowest BCUT2D eigenvalue weighted by atomic mass is 9.87. The highest BCUT2D eigenvalue weighted by Gasteiger charge is 2.17. The van der Waals surface area contributed by atoms with Gasteiger partial charge in [-0.1, -0.05) is 24.5 Å². The number of hydrogen-bond acceptors (Lipinski definition) is 2. The summed E-state index contributed by atoms with van der Waals surface area (Å²) in [5.41, 5.74) is 1.21. The molecule has 13 heavy (non-hydrogen) atoms. The lowest BCUT2D eigenvalue weighted by Gasteiger charge is -2.18. The second-order valence-electron chi connectivity index (χ2n) is 3.83. The summed E-state index contributed by atoms with van der Waals surface area (Å²) in [4.78, 5) is 0. The first kappa shape index (κ1) is 8.73. The van der Waals surface area contributed by atoms with Crippen molar-refractivity contribution in [2.24, 2.45) is 0 Å². The quantitative estimate of drug-likeness (QED) is 0.697. The molecule has 0 atom stereocenters. The molecule has 1 aliphatic carbocycles. The van der Waals surface area contributed by atoms with E-state index in [1.54, 1.807) is 0 Å². The summed E-state index contributed by atoms with van der Waals surface area (Å²) in [6.45, 7) is 3.03. The maximum Gasteiger partial charge on any atom is 0.0857 e. The Kier molecular flexibility index (Phi) is 2.62. The van der Waals surface area contributed by atoms with E-state index in [-0.39, 0.29) is 0 Å². The van der Waals surface area contributed by atoms with Crippen LogP contribution in [0.3, 0.4) is 0 Å². The minimum Gasteiger partial charge on any atom is -0.253 e. The first-order chi connectivity index (χ1) is 6.40. The summed E-state index contributed by atoms with van der Waals surface area (Å²) in [6.07, 6.45) is 8.85. The number of rotatable bonds is 2. The molecule has 1 aliphatic rings. The highest BCUT2D eigenvalue weighted by Crippen LogP contribution is 2.30. The van der Waals surface area contributed by atoms with Crippen molar-refractivity contribution in [2.45, 2.75) is 51.5 Å². The molecule has 0 spiro atoms. The average molecular weight is 179 g/mol. The molecular weight excluding hydrogens is 162 g/mol. The van der Waals surface area contributed by atoms with Gasteiger partial charge in [0.25, 0.3) is 0 Å². The molecule has 0 saturated heterocycles. The molecule has 1 saturated carbocycles. The highest BCUT2D eigenvalue weighted by molar-refractivity contribution is 5.02. The SMILES string of the molecule is CCn1cc(C2CCCCC2)nn1. The first-order valence-corrected chi connectivity index (χ1v) is 5.30. The minimum absolute atomic E-state index is 0.689. The zero-order chi connectivity index (χ0) is 9.10. The summed E-state index contributed by atoms with van der Waals surface area (Å²) in [5.74, 6) is 0.689. The Morgan fingerprint density at radius 1 is 1.38 bits per heavy atom. The van der Waals surface area contributed by atoms with E-state index in [0.29, 0.717) is 5.92 Å². The van der Waals surface area contributed by atoms with Crippen molar-refractivity contribution in [2.75, 3.05) is 0 Å². The van der Waals surface area contributed by atoms with Crippen LogP contribution in [0, 0.1) is 0 Å². The Bertz CT molecular complexity index is 261. The molecule has 0 aromatic carbocycles. The molecule has 0 radical (unpaired) electrons. The van der Waals surface area contributed by atoms with Gasteiger partial charge in [-0.3, -0.25) is 4.68 Å². The summed E-state index contributed by atoms with van der Waals surface area (Å²) in [7, 11) is 0. The fraction of sp³-hybridized carbons (Fsp3) is 0.800. The molecule has 0 unspecified atom stereocenters. The van der Waals surface area contributed by atoms with E-state index in [2.05, 4.69) is 23.4 Å². The third-order valence-corrected chi connectivity index (χ3v) is 2.90. The van der Waals surface area contributed by atoms with Gasteiger partial charge in [-0.2, -0.15) is 0 Å². The van der Waals surface area contributed by atoms with Gasteiger partial charge in [-0.05, 0) is 19.8 Å². The minimum atomic E-state index is 0.689. The van der Waals surface area contributed by atoms with Gasteiger partial charge >= 0.3 is 0 Å². The summed E-state index contributed by atoms with van der Waals surface area (Å²) < 4.78 is 1.92. The second kappa shape index (κ2) is 3.90. The van der Waals surface area contributed by atoms with E-state index < -0.39 is 0 Å². The predicted molar refractivity (Wildman–Crippen MR) is 51.5 cm³/mol. The van der Waals surface area contributed by atoms with Crippen molar-refractivity contribution < 1.29 is 0 Å². The van der Waals surface area contributed by atoms with Gasteiger partial charge in [-0.25, -0.2) is 0 Å². The van der Waals surface area contributed by atoms with E-state index in [0.717, 1.165) is 6.54 Å². The first-order valence-electron chi connectivity index (χ1n) is 5.30. The van der Waals surface area contributed by atoms with Crippen LogP contribution in [0.5, 0.6) is 0 Å². The zero-order valence-corrected chi connectivity index (χ0v) is 8.24. The van der Waals surface area contributed by atoms with E-state index in [4.69, 9.17) is 0 Å². The molecule has 3 heteroatoms. The second-order valence-corrected chi connectivity index (χ2v) is 3.83. The van der Waals surface area contributed by atoms with Crippen LogP contribution in [0.1, 0.15) is 50.6 Å². The van der Waals surface area contributed by atoms with Crippen LogP contribution in [0.25, 0.3) is 0 Å². The number of aryl methyl sites for hydroxylation is 1. The molecule has 1 aromatic heterocycles. The lowest BCUT2D eigenvalue weighted by Crippen LogP contribution is -2.04. The zero-order valence-electron chi connectivity index (χ0n) is 8.24. The molecular formula is C10H17N3. The molecule has 2 rings (SSSR count). The molecule has 1 heterocycles. The van der Waals surface area contributed by atoms with Crippen molar-refractivity contribution >= 4 is 0 Å². The maximum atomic E-state index is 4.22. The van der Waals surface area contributed by atoms with Crippen LogP contribution in [0.15, 0.2) is 6.20 Å². The normalized spacial score (nSPS) is 19.2. The fourth-order valence-electron chi connectivity index (χ4n) is 2.05.